The van der Waals surface area contributed by atoms with Gasteiger partial charge in [0.15, 0.2) is 0 Å². The maximum absolute atomic E-state index is 13.8. The Morgan fingerprint density at radius 2 is 1.81 bits per heavy atom. The molecule has 4 N–H and O–H groups in total. The number of nitrogens with two attached hydrogens (primary N) is 1. The molecule has 0 radical (unpaired) electrons. The second kappa shape index (κ2) is 12.7. The van der Waals surface area contributed by atoms with E-state index in [1.807, 2.05) is 65.6 Å². The Morgan fingerprint density at radius 3 is 2.52 bits per heavy atom. The van der Waals surface area contributed by atoms with Crippen molar-refractivity contribution in [1.82, 2.24) is 5.43 Å². The van der Waals surface area contributed by atoms with Gasteiger partial charge >= 0.3 is 5.97 Å². The lowest BCUT2D eigenvalue weighted by atomic mass is 10.1. The highest BCUT2D eigenvalue weighted by atomic mass is 32.2. The van der Waals surface area contributed by atoms with Gasteiger partial charge in [-0.25, -0.2) is 14.6 Å². The summed E-state index contributed by atoms with van der Waals surface area (Å²) in [7, 11) is 0. The van der Waals surface area contributed by atoms with Crippen molar-refractivity contribution in [2.45, 2.75) is 17.4 Å². The molecular formula is C32H27FN4O4S. The van der Waals surface area contributed by atoms with Gasteiger partial charge in [-0.15, -0.1) is 11.8 Å². The van der Waals surface area contributed by atoms with E-state index in [-0.39, 0.29) is 23.4 Å². The number of aromatic carboxylic acids is 1. The molecule has 42 heavy (non-hydrogen) atoms. The number of aryl methyl sites for hydroxylation is 1. The molecule has 0 fully saturated rings. The van der Waals surface area contributed by atoms with Crippen LogP contribution in [-0.4, -0.2) is 41.3 Å². The fraction of sp³-hybridized carbons (Fsp3) is 0.125. The lowest BCUT2D eigenvalue weighted by Crippen LogP contribution is -2.30. The third-order valence-electron chi connectivity index (χ3n) is 6.93. The van der Waals surface area contributed by atoms with Crippen molar-refractivity contribution >= 4 is 47.0 Å². The zero-order chi connectivity index (χ0) is 29.6. The van der Waals surface area contributed by atoms with E-state index in [4.69, 9.17) is 10.8 Å². The number of carboxylic acids is 1. The summed E-state index contributed by atoms with van der Waals surface area (Å²) >= 11 is 1.63. The molecule has 4 aromatic carbocycles. The molecule has 1 amide bonds. The van der Waals surface area contributed by atoms with E-state index < -0.39 is 23.7 Å². The molecule has 1 aliphatic rings. The highest BCUT2D eigenvalue weighted by Gasteiger charge is 2.32. The second-order valence-electron chi connectivity index (χ2n) is 9.63. The molecule has 0 aliphatic carbocycles. The third kappa shape index (κ3) is 6.34. The minimum absolute atomic E-state index is 0.0230. The van der Waals surface area contributed by atoms with Crippen LogP contribution in [0.1, 0.15) is 43.4 Å². The number of halogens is 1. The molecule has 5 rings (SSSR count). The van der Waals surface area contributed by atoms with Crippen LogP contribution < -0.4 is 16.1 Å². The average Bonchev–Trinajstić information content (AvgIpc) is 3.35. The van der Waals surface area contributed by atoms with Gasteiger partial charge < -0.3 is 20.5 Å². The molecule has 0 saturated carbocycles. The van der Waals surface area contributed by atoms with Crippen molar-refractivity contribution in [1.29, 1.82) is 0 Å². The summed E-state index contributed by atoms with van der Waals surface area (Å²) in [6.45, 7) is 0.261. The molecule has 0 aromatic heterocycles. The summed E-state index contributed by atoms with van der Waals surface area (Å²) in [4.78, 5) is 39.1. The Bertz CT molecular complexity index is 1660. The van der Waals surface area contributed by atoms with Gasteiger partial charge in [0.1, 0.15) is 18.1 Å². The molecule has 8 nitrogen and oxygen atoms in total. The van der Waals surface area contributed by atoms with Gasteiger partial charge in [0.2, 0.25) is 0 Å². The summed E-state index contributed by atoms with van der Waals surface area (Å²) in [6, 6.07) is 25.1. The van der Waals surface area contributed by atoms with Gasteiger partial charge in [-0.3, -0.25) is 4.79 Å². The van der Waals surface area contributed by atoms with Gasteiger partial charge in [-0.1, -0.05) is 42.5 Å². The molecule has 10 heteroatoms. The normalized spacial score (nSPS) is 13.9. The Hall–Kier alpha value is -4.96. The minimum Gasteiger partial charge on any atom is -0.478 e. The van der Waals surface area contributed by atoms with Gasteiger partial charge in [-0.2, -0.15) is 5.10 Å². The van der Waals surface area contributed by atoms with Crippen LogP contribution in [0.5, 0.6) is 0 Å². The zero-order valence-electron chi connectivity index (χ0n) is 22.4. The van der Waals surface area contributed by atoms with Crippen LogP contribution >= 0.6 is 11.8 Å². The van der Waals surface area contributed by atoms with Crippen LogP contribution in [0.4, 0.5) is 15.8 Å². The maximum Gasteiger partial charge on any atom is 0.335 e. The molecule has 1 atom stereocenters. The van der Waals surface area contributed by atoms with E-state index in [1.165, 1.54) is 12.1 Å². The maximum atomic E-state index is 13.8. The van der Waals surface area contributed by atoms with E-state index in [1.54, 1.807) is 23.9 Å². The van der Waals surface area contributed by atoms with Crippen LogP contribution in [0, 0.1) is 5.82 Å². The molecule has 0 bridgehead atoms. The topological polar surface area (TPSA) is 125 Å². The molecular weight excluding hydrogens is 555 g/mol. The van der Waals surface area contributed by atoms with Crippen molar-refractivity contribution in [3.8, 4) is 0 Å². The first-order valence-corrected chi connectivity index (χ1v) is 14.1. The van der Waals surface area contributed by atoms with Gasteiger partial charge in [0.25, 0.3) is 5.91 Å². The van der Waals surface area contributed by atoms with Crippen molar-refractivity contribution in [2.24, 2.45) is 5.10 Å². The predicted molar refractivity (Wildman–Crippen MR) is 162 cm³/mol. The number of nitrogens with zero attached hydrogens (tertiary/aromatic N) is 2. The highest BCUT2D eigenvalue weighted by molar-refractivity contribution is 7.99. The predicted octanol–water partition coefficient (Wildman–Crippen LogP) is 5.34. The van der Waals surface area contributed by atoms with Crippen molar-refractivity contribution < 1.29 is 23.9 Å². The van der Waals surface area contributed by atoms with Crippen molar-refractivity contribution in [3.63, 3.8) is 0 Å². The highest BCUT2D eigenvalue weighted by Crippen LogP contribution is 2.37. The lowest BCUT2D eigenvalue weighted by Gasteiger charge is -2.26. The lowest BCUT2D eigenvalue weighted by molar-refractivity contribution is -0.109. The molecule has 1 unspecified atom stereocenters. The minimum atomic E-state index is -0.958. The Kier molecular flexibility index (Phi) is 8.63. The monoisotopic (exact) mass is 582 g/mol. The number of aldehydes is 1. The molecule has 212 valence electrons. The van der Waals surface area contributed by atoms with Crippen molar-refractivity contribution in [3.05, 3.63) is 125 Å². The quantitative estimate of drug-likeness (QED) is 0.0998. The standard InChI is InChI=1S/C32H27FN4O4S/c33-23-10-12-27(34)25(16-23)31(39)36-35-28-18-37(30(19-38)21-4-2-1-3-5-21)29-13-11-24(17-26(28)29)42-15-14-20-6-8-22(9-7-20)32(40)41/h1-13,16-17,19,30H,14-15,18,34H2,(H,36,39)(H,40,41). The SMILES string of the molecule is Nc1ccc(F)cc1C(=O)NN=C1CN(C(C=O)c2ccccc2)c2ccc(SCCc3ccc(C(=O)O)cc3)cc21. The Labute approximate surface area is 246 Å². The molecule has 1 heterocycles. The van der Waals surface area contributed by atoms with E-state index in [9.17, 15) is 18.8 Å². The number of thioether (sulfide) groups is 1. The Balaban J connectivity index is 1.39. The fourth-order valence-corrected chi connectivity index (χ4v) is 5.69. The summed E-state index contributed by atoms with van der Waals surface area (Å²) < 4.78 is 13.8. The molecule has 1 aliphatic heterocycles. The Morgan fingerprint density at radius 1 is 1.05 bits per heavy atom. The summed E-state index contributed by atoms with van der Waals surface area (Å²) in [5.74, 6) is -1.44. The second-order valence-corrected chi connectivity index (χ2v) is 10.8. The summed E-state index contributed by atoms with van der Waals surface area (Å²) in [6.07, 6.45) is 1.62. The van der Waals surface area contributed by atoms with E-state index in [0.29, 0.717) is 5.71 Å². The molecule has 0 saturated heterocycles. The summed E-state index contributed by atoms with van der Waals surface area (Å²) in [5, 5.41) is 13.5. The number of fused-ring (bicyclic) bond motifs is 1. The first-order valence-electron chi connectivity index (χ1n) is 13.1. The van der Waals surface area contributed by atoms with Crippen LogP contribution in [0.2, 0.25) is 0 Å². The molecule has 0 spiro atoms. The van der Waals surface area contributed by atoms with Crippen LogP contribution in [0.3, 0.4) is 0 Å². The molecule has 4 aromatic rings. The van der Waals surface area contributed by atoms with Crippen LogP contribution in [0.25, 0.3) is 0 Å². The van der Waals surface area contributed by atoms with E-state index in [0.717, 1.165) is 51.8 Å². The first-order chi connectivity index (χ1) is 20.3. The number of nitrogen functional groups attached to an aromatic ring is 1. The number of carbonyl (C=O) groups is 3. The number of carbonyl (C=O) groups excluding carboxylic acids is 2. The number of amides is 1. The van der Waals surface area contributed by atoms with E-state index >= 15 is 0 Å². The number of carboxylic acid groups (broad SMARTS) is 1. The number of hydrogen-bond donors (Lipinski definition) is 3. The third-order valence-corrected chi connectivity index (χ3v) is 7.92. The number of hydrogen-bond acceptors (Lipinski definition) is 7. The zero-order valence-corrected chi connectivity index (χ0v) is 23.2. The number of hydrazone groups is 1. The largest absolute Gasteiger partial charge is 0.478 e. The summed E-state index contributed by atoms with van der Waals surface area (Å²) in [5.41, 5.74) is 12.7. The van der Waals surface area contributed by atoms with E-state index in [2.05, 4.69) is 10.5 Å². The van der Waals surface area contributed by atoms with Gasteiger partial charge in [0, 0.05) is 27.6 Å². The average molecular weight is 583 g/mol. The number of nitrogens with one attached hydrogen (secondary N) is 1. The first kappa shape index (κ1) is 28.6. The number of anilines is 2. The van der Waals surface area contributed by atoms with Crippen LogP contribution in [0.15, 0.2) is 101 Å². The van der Waals surface area contributed by atoms with Crippen LogP contribution in [-0.2, 0) is 11.2 Å². The van der Waals surface area contributed by atoms with Gasteiger partial charge in [0.05, 0.1) is 23.4 Å². The fourth-order valence-electron chi connectivity index (χ4n) is 4.75. The smallest absolute Gasteiger partial charge is 0.335 e. The number of benzene rings is 4. The number of rotatable bonds is 10. The van der Waals surface area contributed by atoms with Gasteiger partial charge in [-0.05, 0) is 66.1 Å². The van der Waals surface area contributed by atoms with Crippen molar-refractivity contribution in [2.75, 3.05) is 22.9 Å².